The Morgan fingerprint density at radius 1 is 1.27 bits per heavy atom. The lowest BCUT2D eigenvalue weighted by molar-refractivity contribution is -0.160. The zero-order valence-corrected chi connectivity index (χ0v) is 9.89. The molecule has 0 aliphatic carbocycles. The van der Waals surface area contributed by atoms with E-state index in [1.54, 1.807) is 20.8 Å². The number of alkyl halides is 1. The monoisotopic (exact) mass is 237 g/mol. The van der Waals surface area contributed by atoms with Gasteiger partial charge in [0.2, 0.25) is 0 Å². The summed E-state index contributed by atoms with van der Waals surface area (Å²) in [5.41, 5.74) is 1.67. The molecular formula is C9H16ClNO4. The highest BCUT2D eigenvalue weighted by molar-refractivity contribution is 6.18. The minimum Gasteiger partial charge on any atom is -0.459 e. The van der Waals surface area contributed by atoms with Crippen LogP contribution in [0.3, 0.4) is 0 Å². The van der Waals surface area contributed by atoms with Gasteiger partial charge in [0, 0.05) is 5.88 Å². The van der Waals surface area contributed by atoms with E-state index in [-0.39, 0.29) is 18.8 Å². The maximum atomic E-state index is 11.1. The fourth-order valence-electron chi connectivity index (χ4n) is 0.681. The number of hydrogen-bond acceptors (Lipinski definition) is 5. The van der Waals surface area contributed by atoms with E-state index in [1.807, 2.05) is 0 Å². The zero-order valence-electron chi connectivity index (χ0n) is 9.13. The molecular weight excluding hydrogens is 222 g/mol. The second-order valence-corrected chi connectivity index (χ2v) is 4.20. The largest absolute Gasteiger partial charge is 0.459 e. The molecule has 0 heterocycles. The van der Waals surface area contributed by atoms with Crippen LogP contribution in [0, 0.1) is 0 Å². The normalized spacial score (nSPS) is 10.9. The van der Waals surface area contributed by atoms with Gasteiger partial charge < -0.3 is 9.57 Å². The Hall–Kier alpha value is -0.810. The number of halogens is 1. The van der Waals surface area contributed by atoms with Crippen molar-refractivity contribution in [2.24, 2.45) is 0 Å². The van der Waals surface area contributed by atoms with Crippen LogP contribution < -0.4 is 5.48 Å². The molecule has 0 amide bonds. The van der Waals surface area contributed by atoms with E-state index in [2.05, 4.69) is 10.3 Å². The first-order chi connectivity index (χ1) is 6.85. The molecule has 0 aromatic heterocycles. The van der Waals surface area contributed by atoms with Crippen molar-refractivity contribution in [3.8, 4) is 0 Å². The summed E-state index contributed by atoms with van der Waals surface area (Å²) in [6.45, 7) is 5.09. The Morgan fingerprint density at radius 2 is 1.87 bits per heavy atom. The average molecular weight is 238 g/mol. The van der Waals surface area contributed by atoms with Crippen LogP contribution in [0.25, 0.3) is 0 Å². The molecule has 1 N–H and O–H groups in total. The highest BCUT2D eigenvalue weighted by Gasteiger charge is 2.16. The van der Waals surface area contributed by atoms with Crippen LogP contribution in [0.4, 0.5) is 0 Å². The highest BCUT2D eigenvalue weighted by Crippen LogP contribution is 2.06. The van der Waals surface area contributed by atoms with E-state index >= 15 is 0 Å². The average Bonchev–Trinajstić information content (AvgIpc) is 2.00. The predicted octanol–water partition coefficient (Wildman–Crippen LogP) is 1.00. The van der Waals surface area contributed by atoms with Gasteiger partial charge in [0.1, 0.15) is 12.1 Å². The molecule has 0 aliphatic rings. The topological polar surface area (TPSA) is 64.6 Å². The summed E-state index contributed by atoms with van der Waals surface area (Å²) < 4.78 is 4.96. The molecule has 0 atom stereocenters. The van der Waals surface area contributed by atoms with Crippen molar-refractivity contribution < 1.29 is 19.2 Å². The summed E-state index contributed by atoms with van der Waals surface area (Å²) in [5, 5.41) is 0. The molecule has 0 bridgehead atoms. The standard InChI is InChI=1S/C9H16ClNO4/c1-9(2,3)14-8(13)6-11-15-7(12)4-5-10/h11H,4-6H2,1-3H3. The molecule has 15 heavy (non-hydrogen) atoms. The third-order valence-corrected chi connectivity index (χ3v) is 1.31. The lowest BCUT2D eigenvalue weighted by atomic mass is 10.2. The van der Waals surface area contributed by atoms with Crippen LogP contribution in [-0.4, -0.2) is 30.0 Å². The van der Waals surface area contributed by atoms with E-state index in [1.165, 1.54) is 0 Å². The molecule has 0 rings (SSSR count). The Balaban J connectivity index is 3.60. The van der Waals surface area contributed by atoms with Gasteiger partial charge in [-0.05, 0) is 20.8 Å². The number of rotatable bonds is 5. The number of carbonyl (C=O) groups is 2. The Labute approximate surface area is 94.0 Å². The summed E-state index contributed by atoms with van der Waals surface area (Å²) in [7, 11) is 0. The summed E-state index contributed by atoms with van der Waals surface area (Å²) in [5.74, 6) is -0.804. The molecule has 0 aromatic rings. The molecule has 0 spiro atoms. The van der Waals surface area contributed by atoms with Crippen LogP contribution in [0.5, 0.6) is 0 Å². The summed E-state index contributed by atoms with van der Waals surface area (Å²) in [4.78, 5) is 26.4. The van der Waals surface area contributed by atoms with E-state index in [0.717, 1.165) is 0 Å². The van der Waals surface area contributed by atoms with Gasteiger partial charge in [-0.1, -0.05) is 0 Å². The maximum absolute atomic E-state index is 11.1. The number of carbonyl (C=O) groups excluding carboxylic acids is 2. The van der Waals surface area contributed by atoms with Crippen molar-refractivity contribution in [2.45, 2.75) is 32.8 Å². The van der Waals surface area contributed by atoms with Gasteiger partial charge in [-0.2, -0.15) is 0 Å². The lowest BCUT2D eigenvalue weighted by Crippen LogP contribution is -2.32. The smallest absolute Gasteiger partial charge is 0.325 e. The van der Waals surface area contributed by atoms with Crippen LogP contribution >= 0.6 is 11.6 Å². The first-order valence-corrected chi connectivity index (χ1v) is 5.09. The zero-order chi connectivity index (χ0) is 11.9. The highest BCUT2D eigenvalue weighted by atomic mass is 35.5. The van der Waals surface area contributed by atoms with Gasteiger partial charge in [-0.15, -0.1) is 17.1 Å². The number of ether oxygens (including phenoxy) is 1. The van der Waals surface area contributed by atoms with Gasteiger partial charge in [-0.25, -0.2) is 0 Å². The fraction of sp³-hybridized carbons (Fsp3) is 0.778. The van der Waals surface area contributed by atoms with Crippen molar-refractivity contribution in [1.29, 1.82) is 0 Å². The van der Waals surface area contributed by atoms with E-state index in [4.69, 9.17) is 16.3 Å². The summed E-state index contributed by atoms with van der Waals surface area (Å²) in [6.07, 6.45) is 0.100. The minimum absolute atomic E-state index is 0.100. The first kappa shape index (κ1) is 14.2. The molecule has 0 aliphatic heterocycles. The lowest BCUT2D eigenvalue weighted by Gasteiger charge is -2.19. The van der Waals surface area contributed by atoms with Crippen LogP contribution in [0.15, 0.2) is 0 Å². The van der Waals surface area contributed by atoms with Crippen molar-refractivity contribution in [3.05, 3.63) is 0 Å². The van der Waals surface area contributed by atoms with Gasteiger partial charge in [0.15, 0.2) is 0 Å². The molecule has 0 saturated carbocycles. The van der Waals surface area contributed by atoms with Gasteiger partial charge in [-0.3, -0.25) is 9.59 Å². The number of hydroxylamine groups is 1. The molecule has 6 heteroatoms. The molecule has 0 saturated heterocycles. The quantitative estimate of drug-likeness (QED) is 0.439. The van der Waals surface area contributed by atoms with Crippen molar-refractivity contribution in [2.75, 3.05) is 12.4 Å². The SMILES string of the molecule is CC(C)(C)OC(=O)CNOC(=O)CCCl. The first-order valence-electron chi connectivity index (χ1n) is 4.55. The van der Waals surface area contributed by atoms with E-state index in [9.17, 15) is 9.59 Å². The second kappa shape index (κ2) is 6.63. The Bertz CT molecular complexity index is 225. The predicted molar refractivity (Wildman–Crippen MR) is 55.3 cm³/mol. The second-order valence-electron chi connectivity index (χ2n) is 3.82. The summed E-state index contributed by atoms with van der Waals surface area (Å²) >= 11 is 5.30. The van der Waals surface area contributed by atoms with Crippen LogP contribution in [-0.2, 0) is 19.2 Å². The van der Waals surface area contributed by atoms with E-state index < -0.39 is 17.5 Å². The number of nitrogens with one attached hydrogen (secondary N) is 1. The van der Waals surface area contributed by atoms with Gasteiger partial charge in [0.25, 0.3) is 0 Å². The van der Waals surface area contributed by atoms with Gasteiger partial charge in [0.05, 0.1) is 6.42 Å². The summed E-state index contributed by atoms with van der Waals surface area (Å²) in [6, 6.07) is 0. The minimum atomic E-state index is -0.543. The molecule has 5 nitrogen and oxygen atoms in total. The fourth-order valence-corrected chi connectivity index (χ4v) is 0.836. The maximum Gasteiger partial charge on any atom is 0.325 e. The van der Waals surface area contributed by atoms with Crippen molar-refractivity contribution in [1.82, 2.24) is 5.48 Å². The number of esters is 1. The van der Waals surface area contributed by atoms with Crippen molar-refractivity contribution >= 4 is 23.5 Å². The van der Waals surface area contributed by atoms with Crippen LogP contribution in [0.1, 0.15) is 27.2 Å². The molecule has 88 valence electrons. The third kappa shape index (κ3) is 9.49. The molecule has 0 aromatic carbocycles. The number of hydrogen-bond donors (Lipinski definition) is 1. The van der Waals surface area contributed by atoms with Crippen molar-refractivity contribution in [3.63, 3.8) is 0 Å². The van der Waals surface area contributed by atoms with Crippen LogP contribution in [0.2, 0.25) is 0 Å². The van der Waals surface area contributed by atoms with E-state index in [0.29, 0.717) is 0 Å². The third-order valence-electron chi connectivity index (χ3n) is 1.12. The Kier molecular flexibility index (Phi) is 6.27. The van der Waals surface area contributed by atoms with Gasteiger partial charge >= 0.3 is 11.9 Å². The molecule has 0 unspecified atom stereocenters. The Morgan fingerprint density at radius 3 is 2.33 bits per heavy atom. The molecule has 0 radical (unpaired) electrons. The molecule has 0 fully saturated rings.